The van der Waals surface area contributed by atoms with E-state index >= 15 is 0 Å². The van der Waals surface area contributed by atoms with Crippen LogP contribution < -0.4 is 5.32 Å². The Hall–Kier alpha value is -3.77. The maximum atomic E-state index is 13.2. The third-order valence-corrected chi connectivity index (χ3v) is 6.32. The molecule has 1 amide bonds. The fraction of sp³-hybridized carbons (Fsp3) is 0.241. The molecule has 0 bridgehead atoms. The van der Waals surface area contributed by atoms with E-state index in [-0.39, 0.29) is 17.8 Å². The highest BCUT2D eigenvalue weighted by molar-refractivity contribution is 5.98. The summed E-state index contributed by atoms with van der Waals surface area (Å²) in [6.07, 6.45) is 1.67. The Balaban J connectivity index is 1.32. The first-order valence-electron chi connectivity index (χ1n) is 11.9. The van der Waals surface area contributed by atoms with Gasteiger partial charge in [0, 0.05) is 18.3 Å². The number of hydrogen-bond acceptors (Lipinski definition) is 3. The van der Waals surface area contributed by atoms with E-state index in [0.717, 1.165) is 53.2 Å². The van der Waals surface area contributed by atoms with Gasteiger partial charge in [-0.1, -0.05) is 48.5 Å². The fourth-order valence-electron chi connectivity index (χ4n) is 4.14. The number of anilines is 1. The second-order valence-corrected chi connectivity index (χ2v) is 8.81. The van der Waals surface area contributed by atoms with E-state index in [9.17, 15) is 9.18 Å². The summed E-state index contributed by atoms with van der Waals surface area (Å²) in [6, 6.07) is 26.1. The van der Waals surface area contributed by atoms with Crippen LogP contribution in [-0.4, -0.2) is 40.2 Å². The van der Waals surface area contributed by atoms with Gasteiger partial charge >= 0.3 is 0 Å². The number of amides is 1. The number of nitrogens with zero attached hydrogens (tertiary/aromatic N) is 3. The molecule has 3 aromatic carbocycles. The van der Waals surface area contributed by atoms with Crippen molar-refractivity contribution in [1.29, 1.82) is 0 Å². The molecule has 0 saturated heterocycles. The maximum Gasteiger partial charge on any atom is 0.241 e. The number of likely N-dealkylation sites (N-methyl/N-ethyl adjacent to an activating group) is 1. The normalized spacial score (nSPS) is 12.0. The minimum atomic E-state index is -0.280. The van der Waals surface area contributed by atoms with E-state index in [1.54, 1.807) is 12.1 Å². The Morgan fingerprint density at radius 1 is 1.00 bits per heavy atom. The van der Waals surface area contributed by atoms with Crippen LogP contribution in [0.5, 0.6) is 0 Å². The first-order valence-corrected chi connectivity index (χ1v) is 11.9. The molecule has 1 N–H and O–H groups in total. The molecule has 1 aromatic heterocycles. The van der Waals surface area contributed by atoms with Crippen molar-refractivity contribution in [1.82, 2.24) is 14.7 Å². The summed E-state index contributed by atoms with van der Waals surface area (Å²) in [5.74, 6) is -0.284. The highest BCUT2D eigenvalue weighted by Gasteiger charge is 2.19. The minimum absolute atomic E-state index is 0.0349. The molecule has 4 aromatic rings. The van der Waals surface area contributed by atoms with E-state index in [0.29, 0.717) is 0 Å². The molecule has 180 valence electrons. The van der Waals surface area contributed by atoms with E-state index in [2.05, 4.69) is 15.3 Å². The Morgan fingerprint density at radius 2 is 1.69 bits per heavy atom. The van der Waals surface area contributed by atoms with Crippen LogP contribution in [0.15, 0.2) is 84.9 Å². The van der Waals surface area contributed by atoms with E-state index in [1.807, 2.05) is 86.4 Å². The van der Waals surface area contributed by atoms with Gasteiger partial charge in [-0.25, -0.2) is 4.39 Å². The predicted molar refractivity (Wildman–Crippen MR) is 140 cm³/mol. The lowest BCUT2D eigenvalue weighted by molar-refractivity contribution is -0.120. The molecule has 35 heavy (non-hydrogen) atoms. The van der Waals surface area contributed by atoms with Crippen LogP contribution in [0.4, 0.5) is 10.1 Å². The lowest BCUT2D eigenvalue weighted by Crippen LogP contribution is -2.40. The van der Waals surface area contributed by atoms with Gasteiger partial charge in [-0.3, -0.25) is 14.4 Å². The van der Waals surface area contributed by atoms with Crippen molar-refractivity contribution >= 4 is 11.6 Å². The van der Waals surface area contributed by atoms with E-state index in [4.69, 9.17) is 0 Å². The van der Waals surface area contributed by atoms with Crippen LogP contribution >= 0.6 is 0 Å². The molecule has 1 unspecified atom stereocenters. The molecular weight excluding hydrogens is 439 g/mol. The average molecular weight is 471 g/mol. The highest BCUT2D eigenvalue weighted by Crippen LogP contribution is 2.28. The predicted octanol–water partition coefficient (Wildman–Crippen LogP) is 5.78. The third-order valence-electron chi connectivity index (χ3n) is 6.32. The zero-order valence-electron chi connectivity index (χ0n) is 20.4. The van der Waals surface area contributed by atoms with Gasteiger partial charge in [0.2, 0.25) is 5.91 Å². The molecule has 6 heteroatoms. The highest BCUT2D eigenvalue weighted by atomic mass is 19.1. The van der Waals surface area contributed by atoms with Crippen LogP contribution in [0, 0.1) is 5.82 Å². The Labute approximate surface area is 206 Å². The van der Waals surface area contributed by atoms with Gasteiger partial charge in [-0.05, 0) is 80.9 Å². The summed E-state index contributed by atoms with van der Waals surface area (Å²) < 4.78 is 15.1. The van der Waals surface area contributed by atoms with Gasteiger partial charge in [-0.2, -0.15) is 5.10 Å². The van der Waals surface area contributed by atoms with Gasteiger partial charge in [0.15, 0.2) is 0 Å². The Bertz CT molecular complexity index is 1270. The summed E-state index contributed by atoms with van der Waals surface area (Å²) >= 11 is 0. The number of carbonyl (C=O) groups excluding carboxylic acids is 1. The zero-order chi connectivity index (χ0) is 24.8. The van der Waals surface area contributed by atoms with Crippen molar-refractivity contribution in [3.8, 4) is 22.4 Å². The Morgan fingerprint density at radius 3 is 2.43 bits per heavy atom. The Kier molecular flexibility index (Phi) is 7.73. The van der Waals surface area contributed by atoms with Crippen LogP contribution in [0.25, 0.3) is 22.4 Å². The summed E-state index contributed by atoms with van der Waals surface area (Å²) in [4.78, 5) is 15.1. The average Bonchev–Trinajstić information content (AvgIpc) is 3.25. The second-order valence-electron chi connectivity index (χ2n) is 8.81. The summed E-state index contributed by atoms with van der Waals surface area (Å²) in [7, 11) is 3.86. The lowest BCUT2D eigenvalue weighted by Gasteiger charge is -2.24. The van der Waals surface area contributed by atoms with Crippen molar-refractivity contribution in [2.75, 3.05) is 18.9 Å². The molecule has 1 heterocycles. The number of para-hydroxylation sites is 1. The smallest absolute Gasteiger partial charge is 0.241 e. The van der Waals surface area contributed by atoms with Crippen molar-refractivity contribution in [2.45, 2.75) is 25.8 Å². The molecule has 0 aliphatic carbocycles. The first-order chi connectivity index (χ1) is 16.9. The number of nitrogens with one attached hydrogen (secondary N) is 1. The quantitative estimate of drug-likeness (QED) is 0.337. The fourth-order valence-corrected chi connectivity index (χ4v) is 4.14. The zero-order valence-corrected chi connectivity index (χ0v) is 20.4. The molecular formula is C29H31FN4O. The molecule has 1 atom stereocenters. The molecule has 0 aliphatic heterocycles. The largest absolute Gasteiger partial charge is 0.324 e. The lowest BCUT2D eigenvalue weighted by atomic mass is 10.0. The standard InChI is InChI=1S/C29H31FN4O/c1-21(29(35)31-27-14-8-7-13-26(27)22-10-5-4-6-11-22)33(2)19-9-12-25-20-28(34(3)32-25)23-15-17-24(30)18-16-23/h4-8,10-11,13-18,20-21H,9,12,19H2,1-3H3,(H,31,35). The summed E-state index contributed by atoms with van der Waals surface area (Å²) in [6.45, 7) is 2.69. The number of hydrogen-bond donors (Lipinski definition) is 1. The van der Waals surface area contributed by atoms with Crippen LogP contribution in [0.1, 0.15) is 19.0 Å². The van der Waals surface area contributed by atoms with Crippen LogP contribution in [0.3, 0.4) is 0 Å². The number of benzene rings is 3. The SMILES string of the molecule is CC(C(=O)Nc1ccccc1-c1ccccc1)N(C)CCCc1cc(-c2ccc(F)cc2)n(C)n1. The number of carbonyl (C=O) groups is 1. The molecule has 0 spiro atoms. The van der Waals surface area contributed by atoms with Crippen molar-refractivity contribution in [3.05, 3.63) is 96.4 Å². The summed E-state index contributed by atoms with van der Waals surface area (Å²) in [5.41, 5.74) is 5.76. The van der Waals surface area contributed by atoms with Crippen molar-refractivity contribution in [2.24, 2.45) is 7.05 Å². The second kappa shape index (κ2) is 11.1. The van der Waals surface area contributed by atoms with Crippen LogP contribution in [0.2, 0.25) is 0 Å². The number of halogens is 1. The topological polar surface area (TPSA) is 50.2 Å². The van der Waals surface area contributed by atoms with Crippen molar-refractivity contribution in [3.63, 3.8) is 0 Å². The van der Waals surface area contributed by atoms with Gasteiger partial charge < -0.3 is 5.32 Å². The minimum Gasteiger partial charge on any atom is -0.324 e. The van der Waals surface area contributed by atoms with E-state index in [1.165, 1.54) is 12.1 Å². The molecule has 5 nitrogen and oxygen atoms in total. The van der Waals surface area contributed by atoms with Gasteiger partial charge in [0.05, 0.1) is 17.4 Å². The number of aryl methyl sites for hydroxylation is 2. The molecule has 4 rings (SSSR count). The van der Waals surface area contributed by atoms with E-state index < -0.39 is 0 Å². The first kappa shape index (κ1) is 24.4. The molecule has 0 fully saturated rings. The molecule has 0 radical (unpaired) electrons. The van der Waals surface area contributed by atoms with Crippen molar-refractivity contribution < 1.29 is 9.18 Å². The van der Waals surface area contributed by atoms with Gasteiger partial charge in [-0.15, -0.1) is 0 Å². The molecule has 0 saturated carbocycles. The van der Waals surface area contributed by atoms with Gasteiger partial charge in [0.25, 0.3) is 0 Å². The van der Waals surface area contributed by atoms with Crippen LogP contribution in [-0.2, 0) is 18.3 Å². The van der Waals surface area contributed by atoms with Gasteiger partial charge in [0.1, 0.15) is 5.82 Å². The monoisotopic (exact) mass is 470 g/mol. The third kappa shape index (κ3) is 6.03. The maximum absolute atomic E-state index is 13.2. The number of aromatic nitrogens is 2. The number of rotatable bonds is 9. The molecule has 0 aliphatic rings. The summed E-state index contributed by atoms with van der Waals surface area (Å²) in [5, 5.41) is 7.71.